The van der Waals surface area contributed by atoms with Gasteiger partial charge in [0, 0.05) is 0 Å². The molecule has 1 aromatic carbocycles. The molecule has 0 heterocycles. The standard InChI is InChI=1S/C12H18.2C2H6/c1-5-11-7-6-10(4)12(8-11)9(2)3;2*1-2/h6-9H,5H2,1-4H3;2*1-2H3. The molecule has 94 valence electrons. The fourth-order valence-electron chi connectivity index (χ4n) is 1.53. The van der Waals surface area contributed by atoms with Gasteiger partial charge in [-0.15, -0.1) is 0 Å². The first kappa shape index (κ1) is 17.6. The molecule has 16 heavy (non-hydrogen) atoms. The largest absolute Gasteiger partial charge is 0.0683 e. The number of hydrogen-bond donors (Lipinski definition) is 0. The summed E-state index contributed by atoms with van der Waals surface area (Å²) in [6, 6.07) is 6.79. The lowest BCUT2D eigenvalue weighted by Crippen LogP contribution is -1.93. The Balaban J connectivity index is 0. The Bertz CT molecular complexity index is 259. The van der Waals surface area contributed by atoms with E-state index in [0.717, 1.165) is 6.42 Å². The zero-order valence-corrected chi connectivity index (χ0v) is 12.5. The minimum Gasteiger partial charge on any atom is -0.0683 e. The Morgan fingerprint density at radius 3 is 1.88 bits per heavy atom. The molecule has 0 fully saturated rings. The molecule has 0 N–H and O–H groups in total. The fraction of sp³-hybridized carbons (Fsp3) is 0.625. The molecular weight excluding hydrogens is 192 g/mol. The maximum Gasteiger partial charge on any atom is -0.0216 e. The first-order valence-electron chi connectivity index (χ1n) is 6.74. The first-order chi connectivity index (χ1) is 7.65. The summed E-state index contributed by atoms with van der Waals surface area (Å²) in [5, 5.41) is 0. The van der Waals surface area contributed by atoms with Crippen molar-refractivity contribution < 1.29 is 0 Å². The predicted molar refractivity (Wildman–Crippen MR) is 77.3 cm³/mol. The lowest BCUT2D eigenvalue weighted by atomic mass is 9.95. The highest BCUT2D eigenvalue weighted by Crippen LogP contribution is 2.20. The van der Waals surface area contributed by atoms with Crippen molar-refractivity contribution in [2.75, 3.05) is 0 Å². The molecule has 0 nitrogen and oxygen atoms in total. The second-order valence-corrected chi connectivity index (χ2v) is 3.70. The van der Waals surface area contributed by atoms with Crippen LogP contribution in [0.5, 0.6) is 0 Å². The van der Waals surface area contributed by atoms with Crippen LogP contribution in [0.2, 0.25) is 0 Å². The van der Waals surface area contributed by atoms with Gasteiger partial charge in [-0.25, -0.2) is 0 Å². The van der Waals surface area contributed by atoms with E-state index >= 15 is 0 Å². The summed E-state index contributed by atoms with van der Waals surface area (Å²) >= 11 is 0. The molecule has 0 bridgehead atoms. The van der Waals surface area contributed by atoms with Crippen LogP contribution < -0.4 is 0 Å². The quantitative estimate of drug-likeness (QED) is 0.599. The minimum atomic E-state index is 0.650. The zero-order valence-electron chi connectivity index (χ0n) is 12.5. The second-order valence-electron chi connectivity index (χ2n) is 3.70. The molecule has 0 amide bonds. The van der Waals surface area contributed by atoms with Gasteiger partial charge in [-0.2, -0.15) is 0 Å². The van der Waals surface area contributed by atoms with Gasteiger partial charge in [0.15, 0.2) is 0 Å². The average Bonchev–Trinajstić information content (AvgIpc) is 2.34. The van der Waals surface area contributed by atoms with Crippen LogP contribution in [-0.2, 0) is 6.42 Å². The van der Waals surface area contributed by atoms with Gasteiger partial charge < -0.3 is 0 Å². The van der Waals surface area contributed by atoms with Gasteiger partial charge in [0.1, 0.15) is 0 Å². The lowest BCUT2D eigenvalue weighted by Gasteiger charge is -2.10. The normalized spacial score (nSPS) is 8.81. The molecule has 0 heteroatoms. The van der Waals surface area contributed by atoms with Crippen molar-refractivity contribution in [3.05, 3.63) is 34.9 Å². The van der Waals surface area contributed by atoms with Crippen LogP contribution in [0, 0.1) is 6.92 Å². The number of rotatable bonds is 2. The van der Waals surface area contributed by atoms with Crippen molar-refractivity contribution in [3.8, 4) is 0 Å². The summed E-state index contributed by atoms with van der Waals surface area (Å²) in [5.74, 6) is 0.650. The summed E-state index contributed by atoms with van der Waals surface area (Å²) in [6.45, 7) is 16.9. The van der Waals surface area contributed by atoms with Crippen LogP contribution in [-0.4, -0.2) is 0 Å². The van der Waals surface area contributed by atoms with Crippen molar-refractivity contribution in [1.82, 2.24) is 0 Å². The van der Waals surface area contributed by atoms with Gasteiger partial charge in [-0.05, 0) is 36.0 Å². The van der Waals surface area contributed by atoms with E-state index in [1.165, 1.54) is 16.7 Å². The zero-order chi connectivity index (χ0) is 13.1. The topological polar surface area (TPSA) is 0 Å². The molecule has 0 spiro atoms. The Kier molecular flexibility index (Phi) is 11.8. The van der Waals surface area contributed by atoms with Crippen LogP contribution in [0.4, 0.5) is 0 Å². The van der Waals surface area contributed by atoms with E-state index < -0.39 is 0 Å². The molecule has 0 saturated carbocycles. The summed E-state index contributed by atoms with van der Waals surface area (Å²) < 4.78 is 0. The van der Waals surface area contributed by atoms with E-state index in [4.69, 9.17) is 0 Å². The third-order valence-corrected chi connectivity index (χ3v) is 2.37. The predicted octanol–water partition coefficient (Wildman–Crippen LogP) is 5.73. The monoisotopic (exact) mass is 222 g/mol. The van der Waals surface area contributed by atoms with Crippen molar-refractivity contribution in [1.29, 1.82) is 0 Å². The molecule has 0 radical (unpaired) electrons. The Labute approximate surface area is 103 Å². The number of benzene rings is 1. The molecule has 0 aliphatic carbocycles. The molecular formula is C16H30. The summed E-state index contributed by atoms with van der Waals surface area (Å²) in [7, 11) is 0. The van der Waals surface area contributed by atoms with E-state index in [-0.39, 0.29) is 0 Å². The summed E-state index contributed by atoms with van der Waals surface area (Å²) in [4.78, 5) is 0. The van der Waals surface area contributed by atoms with Gasteiger partial charge in [0.05, 0.1) is 0 Å². The minimum absolute atomic E-state index is 0.650. The van der Waals surface area contributed by atoms with Gasteiger partial charge in [0.25, 0.3) is 0 Å². The third kappa shape index (κ3) is 5.95. The molecule has 0 aliphatic heterocycles. The molecule has 0 aromatic heterocycles. The van der Waals surface area contributed by atoms with Gasteiger partial charge >= 0.3 is 0 Å². The van der Waals surface area contributed by atoms with Gasteiger partial charge in [-0.3, -0.25) is 0 Å². The van der Waals surface area contributed by atoms with E-state index in [0.29, 0.717) is 5.92 Å². The highest BCUT2D eigenvalue weighted by molar-refractivity contribution is 5.33. The first-order valence-corrected chi connectivity index (χ1v) is 6.74. The van der Waals surface area contributed by atoms with Crippen molar-refractivity contribution in [2.45, 2.75) is 67.7 Å². The third-order valence-electron chi connectivity index (χ3n) is 2.37. The SMILES string of the molecule is CC.CC.CCc1ccc(C)c(C(C)C)c1. The summed E-state index contributed by atoms with van der Waals surface area (Å²) in [5.41, 5.74) is 4.36. The Morgan fingerprint density at radius 1 is 1.00 bits per heavy atom. The highest BCUT2D eigenvalue weighted by atomic mass is 14.1. The van der Waals surface area contributed by atoms with Crippen molar-refractivity contribution >= 4 is 0 Å². The lowest BCUT2D eigenvalue weighted by molar-refractivity contribution is 0.852. The summed E-state index contributed by atoms with van der Waals surface area (Å²) in [6.07, 6.45) is 1.14. The molecule has 0 unspecified atom stereocenters. The van der Waals surface area contributed by atoms with Crippen LogP contribution in [0.3, 0.4) is 0 Å². The molecule has 1 rings (SSSR count). The van der Waals surface area contributed by atoms with Crippen LogP contribution in [0.25, 0.3) is 0 Å². The molecule has 1 aromatic rings. The van der Waals surface area contributed by atoms with E-state index in [1.54, 1.807) is 0 Å². The van der Waals surface area contributed by atoms with Crippen LogP contribution in [0.15, 0.2) is 18.2 Å². The van der Waals surface area contributed by atoms with Crippen LogP contribution >= 0.6 is 0 Å². The number of hydrogen-bond acceptors (Lipinski definition) is 0. The highest BCUT2D eigenvalue weighted by Gasteiger charge is 2.02. The Hall–Kier alpha value is -0.780. The molecule has 0 atom stereocenters. The van der Waals surface area contributed by atoms with E-state index in [2.05, 4.69) is 45.9 Å². The second kappa shape index (κ2) is 10.7. The maximum absolute atomic E-state index is 2.33. The van der Waals surface area contributed by atoms with Gasteiger partial charge in [0.2, 0.25) is 0 Å². The van der Waals surface area contributed by atoms with E-state index in [1.807, 2.05) is 27.7 Å². The fourth-order valence-corrected chi connectivity index (χ4v) is 1.53. The van der Waals surface area contributed by atoms with Crippen molar-refractivity contribution in [3.63, 3.8) is 0 Å². The molecule has 0 saturated heterocycles. The van der Waals surface area contributed by atoms with Gasteiger partial charge in [-0.1, -0.05) is 66.7 Å². The molecule has 0 aliphatic rings. The smallest absolute Gasteiger partial charge is 0.0216 e. The Morgan fingerprint density at radius 2 is 1.50 bits per heavy atom. The van der Waals surface area contributed by atoms with E-state index in [9.17, 15) is 0 Å². The average molecular weight is 222 g/mol. The number of aryl methyl sites for hydroxylation is 2. The maximum atomic E-state index is 2.33. The van der Waals surface area contributed by atoms with Crippen molar-refractivity contribution in [2.24, 2.45) is 0 Å². The van der Waals surface area contributed by atoms with Crippen LogP contribution in [0.1, 0.15) is 71.1 Å².